The van der Waals surface area contributed by atoms with Crippen LogP contribution in [0.1, 0.15) is 16.2 Å². The van der Waals surface area contributed by atoms with Crippen molar-refractivity contribution in [2.75, 3.05) is 11.1 Å². The van der Waals surface area contributed by atoms with Gasteiger partial charge in [0.1, 0.15) is 10.3 Å². The third kappa shape index (κ3) is 2.35. The first-order valence-electron chi connectivity index (χ1n) is 5.21. The number of aryl methyl sites for hydroxylation is 2. The van der Waals surface area contributed by atoms with E-state index >= 15 is 0 Å². The smallest absolute Gasteiger partial charge is 0.276 e. The molecule has 94 valence electrons. The van der Waals surface area contributed by atoms with Crippen molar-refractivity contribution >= 4 is 33.2 Å². The number of hydrogen-bond donors (Lipinski definition) is 2. The van der Waals surface area contributed by atoms with Crippen LogP contribution in [0.3, 0.4) is 0 Å². The number of carbonyl (C=O) groups is 1. The van der Waals surface area contributed by atoms with Crippen LogP contribution in [0.15, 0.2) is 22.9 Å². The quantitative estimate of drug-likeness (QED) is 0.827. The van der Waals surface area contributed by atoms with Gasteiger partial charge in [-0.2, -0.15) is 5.10 Å². The maximum absolute atomic E-state index is 12.1. The van der Waals surface area contributed by atoms with E-state index in [0.717, 1.165) is 0 Å². The maximum atomic E-state index is 12.1. The normalized spacial score (nSPS) is 10.4. The number of rotatable bonds is 2. The molecule has 0 aliphatic rings. The standard InChI is InChI=1S/C11H12BrN5O/c1-6-9(13)10(17(2)16-6)11(18)15-7-3-4-8(12)14-5-7/h3-5H,13H2,1-2H3,(H,15,18). The van der Waals surface area contributed by atoms with Crippen molar-refractivity contribution in [3.05, 3.63) is 34.3 Å². The predicted octanol–water partition coefficient (Wildman–Crippen LogP) is 1.72. The molecule has 18 heavy (non-hydrogen) atoms. The van der Waals surface area contributed by atoms with Crippen molar-refractivity contribution in [1.29, 1.82) is 0 Å². The van der Waals surface area contributed by atoms with Crippen molar-refractivity contribution in [2.24, 2.45) is 7.05 Å². The summed E-state index contributed by atoms with van der Waals surface area (Å²) >= 11 is 3.23. The van der Waals surface area contributed by atoms with Crippen molar-refractivity contribution in [3.8, 4) is 0 Å². The van der Waals surface area contributed by atoms with Gasteiger partial charge in [0.05, 0.1) is 23.3 Å². The van der Waals surface area contributed by atoms with E-state index in [0.29, 0.717) is 27.4 Å². The van der Waals surface area contributed by atoms with Crippen LogP contribution in [0.5, 0.6) is 0 Å². The van der Waals surface area contributed by atoms with Gasteiger partial charge in [0.2, 0.25) is 0 Å². The van der Waals surface area contributed by atoms with Gasteiger partial charge in [-0.15, -0.1) is 0 Å². The summed E-state index contributed by atoms with van der Waals surface area (Å²) in [6, 6.07) is 3.49. The minimum Gasteiger partial charge on any atom is -0.395 e. The van der Waals surface area contributed by atoms with Gasteiger partial charge < -0.3 is 11.1 Å². The molecule has 0 bridgehead atoms. The van der Waals surface area contributed by atoms with E-state index in [1.165, 1.54) is 4.68 Å². The van der Waals surface area contributed by atoms with Crippen molar-refractivity contribution in [3.63, 3.8) is 0 Å². The zero-order valence-electron chi connectivity index (χ0n) is 9.94. The largest absolute Gasteiger partial charge is 0.395 e. The van der Waals surface area contributed by atoms with Gasteiger partial charge in [-0.3, -0.25) is 9.48 Å². The number of pyridine rings is 1. The Balaban J connectivity index is 2.24. The van der Waals surface area contributed by atoms with E-state index < -0.39 is 0 Å². The van der Waals surface area contributed by atoms with Crippen molar-refractivity contribution in [1.82, 2.24) is 14.8 Å². The zero-order chi connectivity index (χ0) is 13.3. The summed E-state index contributed by atoms with van der Waals surface area (Å²) in [5.41, 5.74) is 7.78. The van der Waals surface area contributed by atoms with E-state index in [-0.39, 0.29) is 5.91 Å². The molecule has 0 unspecified atom stereocenters. The fraction of sp³-hybridized carbons (Fsp3) is 0.182. The highest BCUT2D eigenvalue weighted by Gasteiger charge is 2.17. The molecule has 0 saturated carbocycles. The molecule has 0 aromatic carbocycles. The summed E-state index contributed by atoms with van der Waals surface area (Å²) in [6.07, 6.45) is 1.56. The minimum atomic E-state index is -0.306. The summed E-state index contributed by atoms with van der Waals surface area (Å²) in [6.45, 7) is 1.76. The molecule has 0 saturated heterocycles. The zero-order valence-corrected chi connectivity index (χ0v) is 11.5. The van der Waals surface area contributed by atoms with E-state index in [1.807, 2.05) is 0 Å². The lowest BCUT2D eigenvalue weighted by Gasteiger charge is -2.05. The minimum absolute atomic E-state index is 0.306. The Kier molecular flexibility index (Phi) is 3.33. The molecule has 2 heterocycles. The van der Waals surface area contributed by atoms with Gasteiger partial charge in [-0.25, -0.2) is 4.98 Å². The Morgan fingerprint density at radius 2 is 2.22 bits per heavy atom. The van der Waals surface area contributed by atoms with Crippen molar-refractivity contribution < 1.29 is 4.79 Å². The summed E-state index contributed by atoms with van der Waals surface area (Å²) in [5, 5.41) is 6.81. The van der Waals surface area contributed by atoms with Gasteiger partial charge in [0.15, 0.2) is 0 Å². The molecular formula is C11H12BrN5O. The molecule has 2 aromatic rings. The number of nitrogens with zero attached hydrogens (tertiary/aromatic N) is 3. The second-order valence-corrected chi connectivity index (χ2v) is 4.61. The Labute approximate surface area is 112 Å². The summed E-state index contributed by atoms with van der Waals surface area (Å²) in [5.74, 6) is -0.306. The first-order chi connectivity index (χ1) is 8.49. The lowest BCUT2D eigenvalue weighted by atomic mass is 10.3. The van der Waals surface area contributed by atoms with E-state index in [9.17, 15) is 4.79 Å². The number of nitrogen functional groups attached to an aromatic ring is 1. The molecule has 0 spiro atoms. The number of halogens is 1. The molecule has 2 rings (SSSR count). The molecule has 6 nitrogen and oxygen atoms in total. The molecule has 7 heteroatoms. The Morgan fingerprint density at radius 3 is 2.72 bits per heavy atom. The van der Waals surface area contributed by atoms with Crippen LogP contribution < -0.4 is 11.1 Å². The Hall–Kier alpha value is -1.89. The Bertz CT molecular complexity index is 590. The number of nitrogens with one attached hydrogen (secondary N) is 1. The third-order valence-electron chi connectivity index (χ3n) is 2.47. The van der Waals surface area contributed by atoms with Crippen LogP contribution in [0.25, 0.3) is 0 Å². The summed E-state index contributed by atoms with van der Waals surface area (Å²) in [4.78, 5) is 16.1. The van der Waals surface area contributed by atoms with Gasteiger partial charge in [-0.1, -0.05) is 0 Å². The van der Waals surface area contributed by atoms with Crippen LogP contribution in [0, 0.1) is 6.92 Å². The average Bonchev–Trinajstić information content (AvgIpc) is 2.56. The molecule has 3 N–H and O–H groups in total. The molecule has 1 amide bonds. The van der Waals surface area contributed by atoms with Crippen LogP contribution in [-0.2, 0) is 7.05 Å². The fourth-order valence-electron chi connectivity index (χ4n) is 1.58. The number of amides is 1. The number of nitrogens with two attached hydrogens (primary N) is 1. The number of anilines is 2. The first kappa shape index (κ1) is 12.6. The van der Waals surface area contributed by atoms with E-state index in [1.54, 1.807) is 32.3 Å². The second-order valence-electron chi connectivity index (χ2n) is 3.80. The van der Waals surface area contributed by atoms with E-state index in [4.69, 9.17) is 5.73 Å². The van der Waals surface area contributed by atoms with Gasteiger partial charge in [-0.05, 0) is 35.0 Å². The third-order valence-corrected chi connectivity index (χ3v) is 2.94. The predicted molar refractivity (Wildman–Crippen MR) is 72.2 cm³/mol. The summed E-state index contributed by atoms with van der Waals surface area (Å²) in [7, 11) is 1.68. The molecule has 0 aliphatic heterocycles. The van der Waals surface area contributed by atoms with Crippen molar-refractivity contribution in [2.45, 2.75) is 6.92 Å². The average molecular weight is 310 g/mol. The SMILES string of the molecule is Cc1nn(C)c(C(=O)Nc2ccc(Br)nc2)c1N. The van der Waals surface area contributed by atoms with Gasteiger partial charge >= 0.3 is 0 Å². The highest BCUT2D eigenvalue weighted by molar-refractivity contribution is 9.10. The van der Waals surface area contributed by atoms with Gasteiger partial charge in [0, 0.05) is 7.05 Å². The topological polar surface area (TPSA) is 85.8 Å². The van der Waals surface area contributed by atoms with Gasteiger partial charge in [0.25, 0.3) is 5.91 Å². The lowest BCUT2D eigenvalue weighted by molar-refractivity contribution is 0.101. The number of aromatic nitrogens is 3. The first-order valence-corrected chi connectivity index (χ1v) is 6.00. The van der Waals surface area contributed by atoms with Crippen LogP contribution in [0.2, 0.25) is 0 Å². The number of carbonyl (C=O) groups excluding carboxylic acids is 1. The molecule has 0 radical (unpaired) electrons. The molecular weight excluding hydrogens is 298 g/mol. The Morgan fingerprint density at radius 1 is 1.50 bits per heavy atom. The molecule has 0 aliphatic carbocycles. The highest BCUT2D eigenvalue weighted by Crippen LogP contribution is 2.17. The lowest BCUT2D eigenvalue weighted by Crippen LogP contribution is -2.17. The van der Waals surface area contributed by atoms with Crippen LogP contribution in [0.4, 0.5) is 11.4 Å². The molecule has 0 fully saturated rings. The van der Waals surface area contributed by atoms with E-state index in [2.05, 4.69) is 31.3 Å². The molecule has 0 atom stereocenters. The second kappa shape index (κ2) is 4.77. The maximum Gasteiger partial charge on any atom is 0.276 e. The number of hydrogen-bond acceptors (Lipinski definition) is 4. The molecule has 2 aromatic heterocycles. The van der Waals surface area contributed by atoms with Crippen LogP contribution >= 0.6 is 15.9 Å². The summed E-state index contributed by atoms with van der Waals surface area (Å²) < 4.78 is 2.17. The monoisotopic (exact) mass is 309 g/mol. The highest BCUT2D eigenvalue weighted by atomic mass is 79.9. The fourth-order valence-corrected chi connectivity index (χ4v) is 1.82. The van der Waals surface area contributed by atoms with Crippen LogP contribution in [-0.4, -0.2) is 20.7 Å².